The Balaban J connectivity index is 1.80. The molecule has 0 saturated heterocycles. The first-order chi connectivity index (χ1) is 6.45. The van der Waals surface area contributed by atoms with Crippen LogP contribution in [-0.4, -0.2) is 16.5 Å². The molecule has 13 heavy (non-hydrogen) atoms. The van der Waals surface area contributed by atoms with Gasteiger partial charge in [0.15, 0.2) is 4.34 Å². The minimum atomic E-state index is 0.898. The molecule has 0 amide bonds. The maximum absolute atomic E-state index is 4.15. The second-order valence-electron chi connectivity index (χ2n) is 2.41. The molecule has 0 saturated carbocycles. The van der Waals surface area contributed by atoms with Gasteiger partial charge < -0.3 is 5.01 Å². The standard InChI is InChI=1S/C8H9N3S2/c1-2-5-11(6-3-1)10-13-8-9-4-7-12-8/h1-5,7,10H,6H2. The maximum Gasteiger partial charge on any atom is 0.166 e. The van der Waals surface area contributed by atoms with Crippen LogP contribution in [0.5, 0.6) is 0 Å². The Bertz CT molecular complexity index is 305. The van der Waals surface area contributed by atoms with Gasteiger partial charge in [-0.3, -0.25) is 0 Å². The number of nitrogens with zero attached hydrogens (tertiary/aromatic N) is 2. The summed E-state index contributed by atoms with van der Waals surface area (Å²) in [6, 6.07) is 0. The van der Waals surface area contributed by atoms with E-state index >= 15 is 0 Å². The highest BCUT2D eigenvalue weighted by Gasteiger charge is 2.00. The monoisotopic (exact) mass is 211 g/mol. The van der Waals surface area contributed by atoms with Gasteiger partial charge in [0.05, 0.1) is 6.54 Å². The average Bonchev–Trinajstić information content (AvgIpc) is 2.69. The van der Waals surface area contributed by atoms with Crippen molar-refractivity contribution < 1.29 is 0 Å². The second kappa shape index (κ2) is 4.45. The second-order valence-corrected chi connectivity index (χ2v) is 4.34. The lowest BCUT2D eigenvalue weighted by molar-refractivity contribution is 0.389. The van der Waals surface area contributed by atoms with Gasteiger partial charge in [-0.05, 0) is 6.08 Å². The lowest BCUT2D eigenvalue weighted by Gasteiger charge is -2.19. The largest absolute Gasteiger partial charge is 0.302 e. The number of nitrogens with one attached hydrogen (secondary N) is 1. The van der Waals surface area contributed by atoms with E-state index in [0.717, 1.165) is 10.9 Å². The molecule has 0 atom stereocenters. The number of thiazole rings is 1. The average molecular weight is 211 g/mol. The molecule has 1 aliphatic rings. The molecule has 2 heterocycles. The molecule has 1 aliphatic heterocycles. The quantitative estimate of drug-likeness (QED) is 0.774. The molecular weight excluding hydrogens is 202 g/mol. The van der Waals surface area contributed by atoms with Gasteiger partial charge >= 0.3 is 0 Å². The van der Waals surface area contributed by atoms with Gasteiger partial charge in [0.1, 0.15) is 0 Å². The lowest BCUT2D eigenvalue weighted by Crippen LogP contribution is -2.28. The van der Waals surface area contributed by atoms with Gasteiger partial charge in [-0.1, -0.05) is 12.2 Å². The van der Waals surface area contributed by atoms with Crippen molar-refractivity contribution in [2.24, 2.45) is 0 Å². The molecule has 0 spiro atoms. The SMILES string of the molecule is C1=CCN(NSc2nccs2)C=C1. The molecule has 3 nitrogen and oxygen atoms in total. The highest BCUT2D eigenvalue weighted by atomic mass is 32.2. The number of hydrazine groups is 1. The summed E-state index contributed by atoms with van der Waals surface area (Å²) in [7, 11) is 0. The van der Waals surface area contributed by atoms with Crippen molar-refractivity contribution >= 4 is 23.3 Å². The predicted octanol–water partition coefficient (Wildman–Crippen LogP) is 2.04. The van der Waals surface area contributed by atoms with Gasteiger partial charge in [-0.15, -0.1) is 11.3 Å². The Labute approximate surface area is 85.3 Å². The van der Waals surface area contributed by atoms with Crippen molar-refractivity contribution in [1.29, 1.82) is 0 Å². The van der Waals surface area contributed by atoms with E-state index in [1.165, 1.54) is 11.9 Å². The third kappa shape index (κ3) is 2.58. The van der Waals surface area contributed by atoms with E-state index in [4.69, 9.17) is 0 Å². The zero-order valence-corrected chi connectivity index (χ0v) is 8.52. The molecule has 1 N–H and O–H groups in total. The van der Waals surface area contributed by atoms with Crippen molar-refractivity contribution in [1.82, 2.24) is 14.8 Å². The lowest BCUT2D eigenvalue weighted by atomic mass is 10.4. The molecule has 2 rings (SSSR count). The number of aromatic nitrogens is 1. The van der Waals surface area contributed by atoms with Crippen LogP contribution in [0.15, 0.2) is 40.3 Å². The first-order valence-electron chi connectivity index (χ1n) is 3.87. The predicted molar refractivity (Wildman–Crippen MR) is 56.1 cm³/mol. The smallest absolute Gasteiger partial charge is 0.166 e. The fourth-order valence-electron chi connectivity index (χ4n) is 0.894. The molecule has 0 aromatic carbocycles. The van der Waals surface area contributed by atoms with Crippen LogP contribution in [0.3, 0.4) is 0 Å². The third-order valence-corrected chi connectivity index (χ3v) is 3.18. The summed E-state index contributed by atoms with van der Waals surface area (Å²) in [5.41, 5.74) is 0. The molecular formula is C8H9N3S2. The maximum atomic E-state index is 4.15. The number of hydrogen-bond acceptors (Lipinski definition) is 5. The van der Waals surface area contributed by atoms with E-state index in [1.54, 1.807) is 17.5 Å². The van der Waals surface area contributed by atoms with Crippen molar-refractivity contribution in [2.75, 3.05) is 6.54 Å². The summed E-state index contributed by atoms with van der Waals surface area (Å²) in [4.78, 5) is 7.33. The Hall–Kier alpha value is -0.780. The molecule has 68 valence electrons. The van der Waals surface area contributed by atoms with Crippen LogP contribution < -0.4 is 4.83 Å². The minimum Gasteiger partial charge on any atom is -0.302 e. The summed E-state index contributed by atoms with van der Waals surface area (Å²) in [5.74, 6) is 0. The summed E-state index contributed by atoms with van der Waals surface area (Å²) in [6.45, 7) is 0.898. The molecule has 0 unspecified atom stereocenters. The van der Waals surface area contributed by atoms with Crippen LogP contribution in [0, 0.1) is 0 Å². The Morgan fingerprint density at radius 1 is 1.54 bits per heavy atom. The summed E-state index contributed by atoms with van der Waals surface area (Å²) in [5, 5.41) is 3.97. The van der Waals surface area contributed by atoms with Crippen LogP contribution >= 0.6 is 23.3 Å². The molecule has 0 fully saturated rings. The first kappa shape index (κ1) is 8.80. The van der Waals surface area contributed by atoms with Gasteiger partial charge in [0.25, 0.3) is 0 Å². The summed E-state index contributed by atoms with van der Waals surface area (Å²) in [6.07, 6.45) is 9.93. The van der Waals surface area contributed by atoms with Crippen LogP contribution in [0.25, 0.3) is 0 Å². The van der Waals surface area contributed by atoms with Crippen LogP contribution in [0.1, 0.15) is 0 Å². The Morgan fingerprint density at radius 2 is 2.54 bits per heavy atom. The fraction of sp³-hybridized carbons (Fsp3) is 0.125. The summed E-state index contributed by atoms with van der Waals surface area (Å²) < 4.78 is 1.03. The first-order valence-corrected chi connectivity index (χ1v) is 5.57. The van der Waals surface area contributed by atoms with E-state index in [-0.39, 0.29) is 0 Å². The topological polar surface area (TPSA) is 28.2 Å². The van der Waals surface area contributed by atoms with E-state index in [9.17, 15) is 0 Å². The van der Waals surface area contributed by atoms with Crippen LogP contribution in [0.2, 0.25) is 0 Å². The van der Waals surface area contributed by atoms with Gasteiger partial charge in [-0.25, -0.2) is 4.98 Å². The molecule has 0 radical (unpaired) electrons. The fourth-order valence-corrected chi connectivity index (χ4v) is 2.17. The van der Waals surface area contributed by atoms with Gasteiger partial charge in [0.2, 0.25) is 0 Å². The number of hydrogen-bond donors (Lipinski definition) is 1. The normalized spacial score (nSPS) is 15.2. The van der Waals surface area contributed by atoms with Crippen molar-refractivity contribution in [3.63, 3.8) is 0 Å². The molecule has 1 aromatic heterocycles. The zero-order valence-electron chi connectivity index (χ0n) is 6.88. The van der Waals surface area contributed by atoms with Crippen LogP contribution in [0.4, 0.5) is 0 Å². The minimum absolute atomic E-state index is 0.898. The molecule has 1 aromatic rings. The van der Waals surface area contributed by atoms with Crippen molar-refractivity contribution in [3.05, 3.63) is 36.0 Å². The summed E-state index contributed by atoms with van der Waals surface area (Å²) >= 11 is 3.16. The van der Waals surface area contributed by atoms with E-state index in [2.05, 4.69) is 15.9 Å². The van der Waals surface area contributed by atoms with Gasteiger partial charge in [-0.2, -0.15) is 4.83 Å². The van der Waals surface area contributed by atoms with Gasteiger partial charge in [0, 0.05) is 29.7 Å². The van der Waals surface area contributed by atoms with Crippen LogP contribution in [-0.2, 0) is 0 Å². The van der Waals surface area contributed by atoms with E-state index in [0.29, 0.717) is 0 Å². The molecule has 0 aliphatic carbocycles. The zero-order chi connectivity index (χ0) is 8.93. The third-order valence-electron chi connectivity index (χ3n) is 1.48. The molecule has 5 heteroatoms. The highest BCUT2D eigenvalue weighted by molar-refractivity contribution is 7.99. The van der Waals surface area contributed by atoms with Crippen molar-refractivity contribution in [2.45, 2.75) is 4.34 Å². The van der Waals surface area contributed by atoms with E-state index in [1.807, 2.05) is 28.7 Å². The number of rotatable bonds is 3. The Kier molecular flexibility index (Phi) is 3.02. The van der Waals surface area contributed by atoms with Crippen molar-refractivity contribution in [3.8, 4) is 0 Å². The van der Waals surface area contributed by atoms with E-state index < -0.39 is 0 Å². The highest BCUT2D eigenvalue weighted by Crippen LogP contribution is 2.17. The Morgan fingerprint density at radius 3 is 3.23 bits per heavy atom. The molecule has 0 bridgehead atoms. The number of allylic oxidation sites excluding steroid dienone is 2.